The maximum atomic E-state index is 13.4. The van der Waals surface area contributed by atoms with Gasteiger partial charge in [0.1, 0.15) is 0 Å². The smallest absolute Gasteiger partial charge is 0.292 e. The molecule has 2 heterocycles. The van der Waals surface area contributed by atoms with E-state index in [-0.39, 0.29) is 21.7 Å². The second-order valence-electron chi connectivity index (χ2n) is 7.30. The number of nitrogens with zero attached hydrogens (tertiary/aromatic N) is 3. The van der Waals surface area contributed by atoms with Gasteiger partial charge in [-0.05, 0) is 41.5 Å². The number of nitrogens with one attached hydrogen (secondary N) is 2. The fourth-order valence-corrected chi connectivity index (χ4v) is 4.44. The third-order valence-electron chi connectivity index (χ3n) is 5.38. The molecule has 0 radical (unpaired) electrons. The second-order valence-corrected chi connectivity index (χ2v) is 8.48. The number of hydrogen-bond donors (Lipinski definition) is 2. The molecule has 3 aromatic carbocycles. The first-order valence-corrected chi connectivity index (χ1v) is 11.0. The van der Waals surface area contributed by atoms with Crippen LogP contribution in [0.2, 0.25) is 10.0 Å². The zero-order chi connectivity index (χ0) is 23.2. The Morgan fingerprint density at radius 3 is 2.03 bits per heavy atom. The number of halogens is 2. The summed E-state index contributed by atoms with van der Waals surface area (Å²) in [6.45, 7) is 0. The summed E-state index contributed by atoms with van der Waals surface area (Å²) in [6, 6.07) is 23.2. The van der Waals surface area contributed by atoms with Crippen LogP contribution in [0.3, 0.4) is 0 Å². The summed E-state index contributed by atoms with van der Waals surface area (Å²) in [5.41, 5.74) is -0.0678. The van der Waals surface area contributed by atoms with E-state index in [0.717, 1.165) is 0 Å². The molecule has 0 fully saturated rings. The fourth-order valence-electron chi connectivity index (χ4n) is 3.83. The van der Waals surface area contributed by atoms with Crippen LogP contribution in [0.15, 0.2) is 88.6 Å². The van der Waals surface area contributed by atoms with Crippen molar-refractivity contribution in [3.63, 3.8) is 0 Å². The van der Waals surface area contributed by atoms with Crippen LogP contribution in [0.1, 0.15) is 11.1 Å². The highest BCUT2D eigenvalue weighted by Gasteiger charge is 2.47. The lowest BCUT2D eigenvalue weighted by atomic mass is 9.83. The number of aromatic nitrogens is 3. The van der Waals surface area contributed by atoms with Crippen LogP contribution >= 0.6 is 35.4 Å². The normalized spacial score (nSPS) is 14.7. The van der Waals surface area contributed by atoms with Gasteiger partial charge in [-0.1, -0.05) is 83.9 Å². The summed E-state index contributed by atoms with van der Waals surface area (Å²) < 4.78 is 2.59. The molecular formula is C23H15Cl2N5O2S. The number of carbonyl (C=O) groups is 1. The zero-order valence-electron chi connectivity index (χ0n) is 16.8. The quantitative estimate of drug-likeness (QED) is 0.416. The van der Waals surface area contributed by atoms with Crippen LogP contribution in [0.25, 0.3) is 5.69 Å². The van der Waals surface area contributed by atoms with Crippen molar-refractivity contribution in [2.75, 3.05) is 0 Å². The van der Waals surface area contributed by atoms with E-state index in [1.165, 1.54) is 15.3 Å². The van der Waals surface area contributed by atoms with Crippen molar-refractivity contribution in [3.8, 4) is 5.69 Å². The molecule has 7 nitrogen and oxygen atoms in total. The Hall–Kier alpha value is -3.46. The van der Waals surface area contributed by atoms with Crippen LogP contribution in [0.5, 0.6) is 0 Å². The number of aliphatic imine (C=N–C) groups is 1. The SMILES string of the molecule is O=C1NC(n2[nH]c(=O)n(-c3ccc(Cl)c(Cl)c3)c2=S)=NC1(c1ccccc1)c1ccccc1. The zero-order valence-corrected chi connectivity index (χ0v) is 19.2. The van der Waals surface area contributed by atoms with Gasteiger partial charge in [-0.15, -0.1) is 0 Å². The summed E-state index contributed by atoms with van der Waals surface area (Å²) in [6.07, 6.45) is 0. The number of amides is 1. The van der Waals surface area contributed by atoms with Crippen molar-refractivity contribution in [3.05, 3.63) is 115 Å². The topological polar surface area (TPSA) is 84.2 Å². The molecule has 0 aliphatic carbocycles. The van der Waals surface area contributed by atoms with Gasteiger partial charge < -0.3 is 0 Å². The fraction of sp³-hybridized carbons (Fsp3) is 0.0435. The molecule has 33 heavy (non-hydrogen) atoms. The van der Waals surface area contributed by atoms with Crippen LogP contribution in [-0.2, 0) is 10.3 Å². The summed E-state index contributed by atoms with van der Waals surface area (Å²) in [5, 5.41) is 6.07. The summed E-state index contributed by atoms with van der Waals surface area (Å²) in [4.78, 5) is 31.0. The minimum Gasteiger partial charge on any atom is -0.292 e. The van der Waals surface area contributed by atoms with Gasteiger partial charge in [0, 0.05) is 0 Å². The molecule has 164 valence electrons. The minimum absolute atomic E-state index is 0.0781. The Labute approximate surface area is 202 Å². The monoisotopic (exact) mass is 495 g/mol. The van der Waals surface area contributed by atoms with Crippen molar-refractivity contribution >= 4 is 47.3 Å². The van der Waals surface area contributed by atoms with Gasteiger partial charge in [0.05, 0.1) is 15.7 Å². The van der Waals surface area contributed by atoms with E-state index in [1.807, 2.05) is 60.7 Å². The minimum atomic E-state index is -1.34. The molecule has 0 atom stereocenters. The molecule has 0 saturated heterocycles. The number of benzene rings is 3. The first kappa shape index (κ1) is 21.4. The van der Waals surface area contributed by atoms with Crippen molar-refractivity contribution in [2.45, 2.75) is 5.54 Å². The summed E-state index contributed by atoms with van der Waals surface area (Å²) in [7, 11) is 0. The third-order valence-corrected chi connectivity index (χ3v) is 6.48. The van der Waals surface area contributed by atoms with Gasteiger partial charge in [-0.25, -0.2) is 19.5 Å². The van der Waals surface area contributed by atoms with Gasteiger partial charge in [0.25, 0.3) is 5.91 Å². The Balaban J connectivity index is 1.70. The third kappa shape index (κ3) is 3.43. The lowest BCUT2D eigenvalue weighted by Crippen LogP contribution is -2.39. The molecule has 1 aromatic heterocycles. The Morgan fingerprint density at radius 1 is 0.848 bits per heavy atom. The Bertz CT molecular complexity index is 1480. The number of aromatic amines is 1. The van der Waals surface area contributed by atoms with Gasteiger partial charge in [0.15, 0.2) is 5.54 Å². The van der Waals surface area contributed by atoms with Crippen molar-refractivity contribution < 1.29 is 4.79 Å². The summed E-state index contributed by atoms with van der Waals surface area (Å²) in [5.74, 6) is -0.256. The Kier molecular flexibility index (Phi) is 5.28. The molecule has 5 rings (SSSR count). The van der Waals surface area contributed by atoms with Crippen molar-refractivity contribution in [1.29, 1.82) is 0 Å². The van der Waals surface area contributed by atoms with Gasteiger partial charge in [-0.3, -0.25) is 10.1 Å². The molecule has 2 N–H and O–H groups in total. The van der Waals surface area contributed by atoms with Gasteiger partial charge in [0.2, 0.25) is 10.7 Å². The number of carbonyl (C=O) groups excluding carboxylic acids is 1. The molecule has 1 aliphatic heterocycles. The van der Waals surface area contributed by atoms with E-state index in [1.54, 1.807) is 12.1 Å². The molecule has 4 aromatic rings. The lowest BCUT2D eigenvalue weighted by Gasteiger charge is -2.24. The highest BCUT2D eigenvalue weighted by molar-refractivity contribution is 7.71. The van der Waals surface area contributed by atoms with Crippen LogP contribution in [0, 0.1) is 4.77 Å². The molecule has 0 unspecified atom stereocenters. The number of rotatable bonds is 3. The molecular weight excluding hydrogens is 481 g/mol. The maximum Gasteiger partial charge on any atom is 0.347 e. The van der Waals surface area contributed by atoms with Gasteiger partial charge >= 0.3 is 5.69 Å². The van der Waals surface area contributed by atoms with E-state index in [4.69, 9.17) is 40.4 Å². The first-order valence-electron chi connectivity index (χ1n) is 9.84. The predicted molar refractivity (Wildman–Crippen MR) is 130 cm³/mol. The average Bonchev–Trinajstić information content (AvgIpc) is 3.33. The van der Waals surface area contributed by atoms with E-state index in [0.29, 0.717) is 21.8 Å². The average molecular weight is 496 g/mol. The molecule has 0 spiro atoms. The highest BCUT2D eigenvalue weighted by Crippen LogP contribution is 2.37. The standard InChI is InChI=1S/C23H15Cl2N5O2S/c24-17-12-11-16(13-18(17)25)29-21(32)28-30(22(29)33)20-26-19(31)23(27-20,14-7-3-1-4-8-14)15-9-5-2-6-10-15/h1-13H,(H,28,32)(H,26,27,31). The van der Waals surface area contributed by atoms with Gasteiger partial charge in [-0.2, -0.15) is 4.68 Å². The predicted octanol–water partition coefficient (Wildman–Crippen LogP) is 4.28. The molecule has 1 aliphatic rings. The van der Waals surface area contributed by atoms with E-state index < -0.39 is 11.2 Å². The van der Waals surface area contributed by atoms with Crippen molar-refractivity contribution in [1.82, 2.24) is 19.7 Å². The Morgan fingerprint density at radius 2 is 1.45 bits per heavy atom. The van der Waals surface area contributed by atoms with Crippen LogP contribution < -0.4 is 11.0 Å². The van der Waals surface area contributed by atoms with Crippen LogP contribution in [0.4, 0.5) is 0 Å². The van der Waals surface area contributed by atoms with E-state index in [2.05, 4.69) is 10.4 Å². The van der Waals surface area contributed by atoms with Crippen LogP contribution in [-0.4, -0.2) is 26.2 Å². The van der Waals surface area contributed by atoms with Crippen molar-refractivity contribution in [2.24, 2.45) is 4.99 Å². The lowest BCUT2D eigenvalue weighted by molar-refractivity contribution is -0.122. The number of H-pyrrole nitrogens is 1. The maximum absolute atomic E-state index is 13.4. The summed E-state index contributed by atoms with van der Waals surface area (Å²) >= 11 is 17.7. The molecule has 10 heteroatoms. The molecule has 1 amide bonds. The first-order chi connectivity index (χ1) is 15.9. The number of hydrogen-bond acceptors (Lipinski definition) is 4. The largest absolute Gasteiger partial charge is 0.347 e. The second kappa shape index (κ2) is 8.15. The molecule has 0 bridgehead atoms. The highest BCUT2D eigenvalue weighted by atomic mass is 35.5. The van der Waals surface area contributed by atoms with E-state index >= 15 is 0 Å². The van der Waals surface area contributed by atoms with E-state index in [9.17, 15) is 9.59 Å². The molecule has 0 saturated carbocycles.